The maximum atomic E-state index is 14.4. The van der Waals surface area contributed by atoms with Gasteiger partial charge in [-0.25, -0.2) is 18.0 Å². The fraction of sp³-hybridized carbons (Fsp3) is 0.200. The van der Waals surface area contributed by atoms with Crippen molar-refractivity contribution in [3.63, 3.8) is 0 Å². The Labute approximate surface area is 158 Å². The van der Waals surface area contributed by atoms with Crippen molar-refractivity contribution in [1.29, 1.82) is 0 Å². The van der Waals surface area contributed by atoms with Gasteiger partial charge in [0.05, 0.1) is 24.4 Å². The molecule has 1 aromatic heterocycles. The summed E-state index contributed by atoms with van der Waals surface area (Å²) in [5.41, 5.74) is 0.599. The largest absolute Gasteiger partial charge is 0.478 e. The van der Waals surface area contributed by atoms with Gasteiger partial charge in [0.15, 0.2) is 11.6 Å². The molecule has 0 spiro atoms. The van der Waals surface area contributed by atoms with Crippen LogP contribution >= 0.6 is 0 Å². The standard InChI is InChI=1S/C20H15F3N2O3/c21-11-8-14(17(23)16(22)9-11)12-2-1-3-13-18(12)24-10-15(20(26)27)19(13)25-4-6-28-7-5-25/h1-3,8-10H,4-7H2,(H,26,27). The minimum atomic E-state index is -1.30. The van der Waals surface area contributed by atoms with E-state index >= 15 is 0 Å². The van der Waals surface area contributed by atoms with Gasteiger partial charge in [-0.2, -0.15) is 0 Å². The summed E-state index contributed by atoms with van der Waals surface area (Å²) >= 11 is 0. The van der Waals surface area contributed by atoms with E-state index in [0.717, 1.165) is 6.07 Å². The van der Waals surface area contributed by atoms with E-state index in [1.54, 1.807) is 12.1 Å². The monoisotopic (exact) mass is 388 g/mol. The molecule has 4 rings (SSSR count). The molecule has 2 aromatic carbocycles. The number of carboxylic acids is 1. The Morgan fingerprint density at radius 3 is 2.57 bits per heavy atom. The van der Waals surface area contributed by atoms with E-state index in [4.69, 9.17) is 4.74 Å². The number of halogens is 3. The highest BCUT2D eigenvalue weighted by atomic mass is 19.2. The lowest BCUT2D eigenvalue weighted by Crippen LogP contribution is -2.37. The first-order valence-corrected chi connectivity index (χ1v) is 8.60. The topological polar surface area (TPSA) is 62.7 Å². The second-order valence-electron chi connectivity index (χ2n) is 6.38. The average molecular weight is 388 g/mol. The molecule has 8 heteroatoms. The van der Waals surface area contributed by atoms with Gasteiger partial charge in [0.1, 0.15) is 11.4 Å². The highest BCUT2D eigenvalue weighted by Crippen LogP contribution is 2.37. The maximum Gasteiger partial charge on any atom is 0.339 e. The number of aromatic carboxylic acids is 1. The van der Waals surface area contributed by atoms with Crippen LogP contribution in [0.4, 0.5) is 18.9 Å². The molecule has 0 bridgehead atoms. The minimum absolute atomic E-state index is 0.00237. The molecule has 0 amide bonds. The number of aromatic nitrogens is 1. The molecule has 1 aliphatic heterocycles. The molecule has 0 atom stereocenters. The molecule has 0 unspecified atom stereocenters. The molecule has 0 radical (unpaired) electrons. The number of morpholine rings is 1. The Kier molecular flexibility index (Phi) is 4.64. The van der Waals surface area contributed by atoms with Crippen LogP contribution in [-0.2, 0) is 4.74 Å². The van der Waals surface area contributed by atoms with E-state index in [9.17, 15) is 23.1 Å². The molecule has 28 heavy (non-hydrogen) atoms. The molecule has 0 saturated carbocycles. The van der Waals surface area contributed by atoms with Crippen LogP contribution in [0, 0.1) is 17.5 Å². The van der Waals surface area contributed by atoms with Gasteiger partial charge in [0, 0.05) is 41.9 Å². The van der Waals surface area contributed by atoms with Gasteiger partial charge in [0.25, 0.3) is 0 Å². The minimum Gasteiger partial charge on any atom is -0.478 e. The number of nitrogens with zero attached hydrogens (tertiary/aromatic N) is 2. The molecule has 0 aliphatic carbocycles. The molecule has 2 heterocycles. The summed E-state index contributed by atoms with van der Waals surface area (Å²) in [5, 5.41) is 10.1. The number of para-hydroxylation sites is 1. The zero-order valence-corrected chi connectivity index (χ0v) is 14.6. The van der Waals surface area contributed by atoms with Gasteiger partial charge in [-0.1, -0.05) is 18.2 Å². The number of anilines is 1. The summed E-state index contributed by atoms with van der Waals surface area (Å²) < 4.78 is 47.1. The van der Waals surface area contributed by atoms with Gasteiger partial charge in [0.2, 0.25) is 0 Å². The second kappa shape index (κ2) is 7.12. The summed E-state index contributed by atoms with van der Waals surface area (Å²) in [4.78, 5) is 17.8. The zero-order chi connectivity index (χ0) is 19.8. The first kappa shape index (κ1) is 18.2. The maximum absolute atomic E-state index is 14.4. The Hall–Kier alpha value is -3.13. The van der Waals surface area contributed by atoms with Crippen LogP contribution in [-0.4, -0.2) is 42.4 Å². The first-order chi connectivity index (χ1) is 13.5. The fourth-order valence-electron chi connectivity index (χ4n) is 3.46. The molecule has 3 aromatic rings. The van der Waals surface area contributed by atoms with E-state index in [1.807, 2.05) is 4.90 Å². The van der Waals surface area contributed by atoms with Crippen molar-refractivity contribution in [2.45, 2.75) is 0 Å². The molecule has 5 nitrogen and oxygen atoms in total. The normalized spacial score (nSPS) is 14.5. The highest BCUT2D eigenvalue weighted by molar-refractivity contribution is 6.08. The van der Waals surface area contributed by atoms with E-state index in [-0.39, 0.29) is 22.2 Å². The molecule has 1 saturated heterocycles. The van der Waals surface area contributed by atoms with E-state index in [1.165, 1.54) is 12.3 Å². The van der Waals surface area contributed by atoms with Crippen LogP contribution in [0.2, 0.25) is 0 Å². The smallest absolute Gasteiger partial charge is 0.339 e. The van der Waals surface area contributed by atoms with Crippen molar-refractivity contribution in [2.24, 2.45) is 0 Å². The van der Waals surface area contributed by atoms with Crippen LogP contribution < -0.4 is 4.90 Å². The molecule has 1 fully saturated rings. The summed E-state index contributed by atoms with van der Waals surface area (Å²) in [5.74, 6) is -4.56. The number of fused-ring (bicyclic) bond motifs is 1. The predicted octanol–water partition coefficient (Wildman–Crippen LogP) is 3.85. The van der Waals surface area contributed by atoms with Crippen molar-refractivity contribution in [2.75, 3.05) is 31.2 Å². The van der Waals surface area contributed by atoms with Crippen molar-refractivity contribution >= 4 is 22.6 Å². The van der Waals surface area contributed by atoms with E-state index in [0.29, 0.717) is 43.4 Å². The average Bonchev–Trinajstić information content (AvgIpc) is 2.70. The lowest BCUT2D eigenvalue weighted by atomic mass is 9.98. The number of carboxylic acid groups (broad SMARTS) is 1. The third kappa shape index (κ3) is 3.05. The number of hydrogen-bond acceptors (Lipinski definition) is 4. The molecule has 1 aliphatic rings. The van der Waals surface area contributed by atoms with E-state index < -0.39 is 23.4 Å². The lowest BCUT2D eigenvalue weighted by molar-refractivity contribution is 0.0696. The summed E-state index contributed by atoms with van der Waals surface area (Å²) in [7, 11) is 0. The predicted molar refractivity (Wildman–Crippen MR) is 97.0 cm³/mol. The number of benzene rings is 2. The summed E-state index contributed by atoms with van der Waals surface area (Å²) in [6.07, 6.45) is 1.19. The van der Waals surface area contributed by atoms with E-state index in [2.05, 4.69) is 4.98 Å². The SMILES string of the molecule is O=C(O)c1cnc2c(-c3cc(F)cc(F)c3F)cccc2c1N1CCOCC1. The van der Waals surface area contributed by atoms with Crippen molar-refractivity contribution in [1.82, 2.24) is 4.98 Å². The van der Waals surface area contributed by atoms with Gasteiger partial charge >= 0.3 is 5.97 Å². The number of hydrogen-bond donors (Lipinski definition) is 1. The molecule has 144 valence electrons. The number of ether oxygens (including phenoxy) is 1. The van der Waals surface area contributed by atoms with Crippen molar-refractivity contribution in [3.05, 3.63) is 59.5 Å². The highest BCUT2D eigenvalue weighted by Gasteiger charge is 2.24. The quantitative estimate of drug-likeness (QED) is 0.691. The zero-order valence-electron chi connectivity index (χ0n) is 14.6. The number of pyridine rings is 1. The molecular weight excluding hydrogens is 373 g/mol. The van der Waals surface area contributed by atoms with Crippen molar-refractivity contribution in [3.8, 4) is 11.1 Å². The Balaban J connectivity index is 2.01. The van der Waals surface area contributed by atoms with Gasteiger partial charge in [-0.05, 0) is 6.07 Å². The summed E-state index contributed by atoms with van der Waals surface area (Å²) in [6.45, 7) is 1.83. The molecular formula is C20H15F3N2O3. The van der Waals surface area contributed by atoms with Crippen LogP contribution in [0.3, 0.4) is 0 Å². The summed E-state index contributed by atoms with van der Waals surface area (Å²) in [6, 6.07) is 6.11. The van der Waals surface area contributed by atoms with Crippen LogP contribution in [0.1, 0.15) is 10.4 Å². The second-order valence-corrected chi connectivity index (χ2v) is 6.38. The third-order valence-corrected chi connectivity index (χ3v) is 4.71. The Morgan fingerprint density at radius 2 is 1.86 bits per heavy atom. The van der Waals surface area contributed by atoms with Gasteiger partial charge < -0.3 is 14.7 Å². The van der Waals surface area contributed by atoms with Crippen LogP contribution in [0.15, 0.2) is 36.5 Å². The first-order valence-electron chi connectivity index (χ1n) is 8.60. The fourth-order valence-corrected chi connectivity index (χ4v) is 3.46. The van der Waals surface area contributed by atoms with Gasteiger partial charge in [-0.15, -0.1) is 0 Å². The molecule has 1 N–H and O–H groups in total. The Bertz CT molecular complexity index is 1080. The number of rotatable bonds is 3. The lowest BCUT2D eigenvalue weighted by Gasteiger charge is -2.31. The van der Waals surface area contributed by atoms with Crippen LogP contribution in [0.25, 0.3) is 22.0 Å². The number of carbonyl (C=O) groups is 1. The van der Waals surface area contributed by atoms with Crippen molar-refractivity contribution < 1.29 is 27.8 Å². The third-order valence-electron chi connectivity index (χ3n) is 4.71. The van der Waals surface area contributed by atoms with Crippen LogP contribution in [0.5, 0.6) is 0 Å². The Morgan fingerprint density at radius 1 is 1.11 bits per heavy atom. The van der Waals surface area contributed by atoms with Gasteiger partial charge in [-0.3, -0.25) is 4.98 Å².